The molecular weight excluding hydrogens is 242 g/mol. The van der Waals surface area contributed by atoms with Crippen molar-refractivity contribution in [3.63, 3.8) is 0 Å². The second-order valence-electron chi connectivity index (χ2n) is 5.11. The Hall–Kier alpha value is -1.82. The third-order valence-electron chi connectivity index (χ3n) is 3.85. The Morgan fingerprint density at radius 2 is 2.05 bits per heavy atom. The van der Waals surface area contributed by atoms with Crippen LogP contribution in [0.5, 0.6) is 0 Å². The summed E-state index contributed by atoms with van der Waals surface area (Å²) in [5.74, 6) is 0.0697. The number of hydrogen-bond acceptors (Lipinski definition) is 5. The number of pyridine rings is 1. The van der Waals surface area contributed by atoms with Crippen LogP contribution in [-0.2, 0) is 0 Å². The van der Waals surface area contributed by atoms with Crippen molar-refractivity contribution in [2.24, 2.45) is 10.9 Å². The smallest absolute Gasteiger partial charge is 0.190 e. The Balaban J connectivity index is 1.75. The van der Waals surface area contributed by atoms with E-state index in [-0.39, 0.29) is 5.84 Å². The number of nitrogens with two attached hydrogens (primary N) is 1. The molecule has 6 nitrogen and oxygen atoms in total. The molecule has 1 aliphatic carbocycles. The van der Waals surface area contributed by atoms with Crippen LogP contribution in [0, 0.1) is 0 Å². The molecule has 3 N–H and O–H groups in total. The minimum absolute atomic E-state index is 0.0697. The van der Waals surface area contributed by atoms with E-state index in [4.69, 9.17) is 10.9 Å². The van der Waals surface area contributed by atoms with Crippen LogP contribution < -0.4 is 10.6 Å². The second kappa shape index (κ2) is 5.05. The summed E-state index contributed by atoms with van der Waals surface area (Å²) in [7, 11) is 0. The number of oxime groups is 1. The maximum absolute atomic E-state index is 8.83. The molecule has 2 aliphatic rings. The largest absolute Gasteiger partial charge is 0.409 e. The van der Waals surface area contributed by atoms with Gasteiger partial charge >= 0.3 is 0 Å². The lowest BCUT2D eigenvalue weighted by Crippen LogP contribution is -2.47. The van der Waals surface area contributed by atoms with Crippen LogP contribution >= 0.6 is 0 Å². The van der Waals surface area contributed by atoms with Gasteiger partial charge in [-0.3, -0.25) is 9.88 Å². The van der Waals surface area contributed by atoms with Gasteiger partial charge in [0.2, 0.25) is 0 Å². The fourth-order valence-corrected chi connectivity index (χ4v) is 2.66. The molecule has 102 valence electrons. The van der Waals surface area contributed by atoms with E-state index in [9.17, 15) is 0 Å². The van der Waals surface area contributed by atoms with Crippen molar-refractivity contribution in [2.75, 3.05) is 31.1 Å². The first kappa shape index (κ1) is 12.2. The van der Waals surface area contributed by atoms with E-state index in [1.165, 1.54) is 12.8 Å². The maximum atomic E-state index is 8.83. The van der Waals surface area contributed by atoms with Crippen molar-refractivity contribution in [2.45, 2.75) is 18.9 Å². The highest BCUT2D eigenvalue weighted by Crippen LogP contribution is 2.29. The van der Waals surface area contributed by atoms with Gasteiger partial charge in [0.05, 0.1) is 5.69 Å². The van der Waals surface area contributed by atoms with Gasteiger partial charge in [-0.05, 0) is 25.0 Å². The normalized spacial score (nSPS) is 21.7. The van der Waals surface area contributed by atoms with Gasteiger partial charge in [0.25, 0.3) is 0 Å². The number of piperazine rings is 1. The Kier molecular flexibility index (Phi) is 3.25. The first-order valence-electron chi connectivity index (χ1n) is 6.71. The van der Waals surface area contributed by atoms with E-state index in [1.807, 2.05) is 12.1 Å². The first-order valence-corrected chi connectivity index (χ1v) is 6.71. The summed E-state index contributed by atoms with van der Waals surface area (Å²) in [5, 5.41) is 11.9. The highest BCUT2D eigenvalue weighted by atomic mass is 16.4. The predicted octanol–water partition coefficient (Wildman–Crippen LogP) is 0.460. The van der Waals surface area contributed by atoms with Crippen molar-refractivity contribution in [3.05, 3.63) is 24.0 Å². The number of anilines is 1. The first-order chi connectivity index (χ1) is 9.29. The summed E-state index contributed by atoms with van der Waals surface area (Å²) >= 11 is 0. The molecule has 0 spiro atoms. The second-order valence-corrected chi connectivity index (χ2v) is 5.11. The van der Waals surface area contributed by atoms with Gasteiger partial charge in [-0.2, -0.15) is 0 Å². The molecule has 0 unspecified atom stereocenters. The Morgan fingerprint density at radius 1 is 1.32 bits per heavy atom. The van der Waals surface area contributed by atoms with Crippen LogP contribution in [0.15, 0.2) is 23.5 Å². The molecule has 0 atom stereocenters. The summed E-state index contributed by atoms with van der Waals surface area (Å²) < 4.78 is 0. The molecule has 1 saturated heterocycles. The highest BCUT2D eigenvalue weighted by Gasteiger charge is 2.31. The predicted molar refractivity (Wildman–Crippen MR) is 73.6 cm³/mol. The molecule has 1 aromatic heterocycles. The number of hydrogen-bond donors (Lipinski definition) is 2. The van der Waals surface area contributed by atoms with Crippen LogP contribution in [0.25, 0.3) is 0 Å². The third-order valence-corrected chi connectivity index (χ3v) is 3.85. The minimum atomic E-state index is 0.0697. The van der Waals surface area contributed by atoms with Crippen LogP contribution in [0.4, 0.5) is 5.69 Å². The Labute approximate surface area is 112 Å². The van der Waals surface area contributed by atoms with Crippen LogP contribution in [0.2, 0.25) is 0 Å². The fraction of sp³-hybridized carbons (Fsp3) is 0.538. The quantitative estimate of drug-likeness (QED) is 0.358. The van der Waals surface area contributed by atoms with Crippen LogP contribution in [0.3, 0.4) is 0 Å². The standard InChI is InChI=1S/C13H19N5O/c14-13(16-19)12-11(2-1-5-15-12)18-8-6-17(7-9-18)10-3-4-10/h1-2,5,10,19H,3-4,6-9H2,(H2,14,16). The zero-order valence-electron chi connectivity index (χ0n) is 10.9. The number of rotatable bonds is 3. The van der Waals surface area contributed by atoms with E-state index in [1.54, 1.807) is 6.20 Å². The molecule has 6 heteroatoms. The van der Waals surface area contributed by atoms with Crippen molar-refractivity contribution in [1.82, 2.24) is 9.88 Å². The molecule has 2 fully saturated rings. The maximum Gasteiger partial charge on any atom is 0.190 e. The van der Waals surface area contributed by atoms with Crippen molar-refractivity contribution in [3.8, 4) is 0 Å². The van der Waals surface area contributed by atoms with Gasteiger partial charge in [0, 0.05) is 38.4 Å². The van der Waals surface area contributed by atoms with Gasteiger partial charge in [-0.1, -0.05) is 5.16 Å². The van der Waals surface area contributed by atoms with Gasteiger partial charge in [0.1, 0.15) is 5.69 Å². The lowest BCUT2D eigenvalue weighted by atomic mass is 10.2. The Morgan fingerprint density at radius 3 is 2.68 bits per heavy atom. The van der Waals surface area contributed by atoms with Gasteiger partial charge in [-0.15, -0.1) is 0 Å². The summed E-state index contributed by atoms with van der Waals surface area (Å²) in [4.78, 5) is 9.03. The van der Waals surface area contributed by atoms with Crippen LogP contribution in [-0.4, -0.2) is 53.1 Å². The molecular formula is C13H19N5O. The molecule has 0 bridgehead atoms. The molecule has 1 aliphatic heterocycles. The fourth-order valence-electron chi connectivity index (χ4n) is 2.66. The van der Waals surface area contributed by atoms with E-state index >= 15 is 0 Å². The number of amidine groups is 1. The average molecular weight is 261 g/mol. The number of nitrogens with zero attached hydrogens (tertiary/aromatic N) is 4. The topological polar surface area (TPSA) is 78.0 Å². The molecule has 0 radical (unpaired) electrons. The SMILES string of the molecule is N/C(=N/O)c1ncccc1N1CCN(C2CC2)CC1. The highest BCUT2D eigenvalue weighted by molar-refractivity contribution is 6.00. The zero-order valence-corrected chi connectivity index (χ0v) is 10.9. The Bertz CT molecular complexity index is 478. The zero-order chi connectivity index (χ0) is 13.2. The van der Waals surface area contributed by atoms with Crippen molar-refractivity contribution in [1.29, 1.82) is 0 Å². The monoisotopic (exact) mass is 261 g/mol. The molecule has 1 aromatic rings. The van der Waals surface area contributed by atoms with Crippen molar-refractivity contribution >= 4 is 11.5 Å². The van der Waals surface area contributed by atoms with Crippen molar-refractivity contribution < 1.29 is 5.21 Å². The van der Waals surface area contributed by atoms with Crippen LogP contribution in [0.1, 0.15) is 18.5 Å². The van der Waals surface area contributed by atoms with Gasteiger partial charge in [-0.25, -0.2) is 0 Å². The molecule has 19 heavy (non-hydrogen) atoms. The molecule has 2 heterocycles. The summed E-state index contributed by atoms with van der Waals surface area (Å²) in [6, 6.07) is 4.68. The van der Waals surface area contributed by atoms with Gasteiger partial charge in [0.15, 0.2) is 5.84 Å². The van der Waals surface area contributed by atoms with E-state index in [0.29, 0.717) is 5.69 Å². The lowest BCUT2D eigenvalue weighted by molar-refractivity contribution is 0.248. The minimum Gasteiger partial charge on any atom is -0.409 e. The average Bonchev–Trinajstić information content (AvgIpc) is 3.31. The summed E-state index contributed by atoms with van der Waals surface area (Å²) in [6.45, 7) is 4.09. The van der Waals surface area contributed by atoms with E-state index in [0.717, 1.165) is 37.9 Å². The molecule has 0 amide bonds. The lowest BCUT2D eigenvalue weighted by Gasteiger charge is -2.36. The molecule has 0 aromatic carbocycles. The van der Waals surface area contributed by atoms with E-state index < -0.39 is 0 Å². The summed E-state index contributed by atoms with van der Waals surface area (Å²) in [6.07, 6.45) is 4.36. The number of aromatic nitrogens is 1. The summed E-state index contributed by atoms with van der Waals surface area (Å²) in [5.41, 5.74) is 7.20. The third kappa shape index (κ3) is 2.49. The van der Waals surface area contributed by atoms with Gasteiger partial charge < -0.3 is 15.8 Å². The molecule has 3 rings (SSSR count). The van der Waals surface area contributed by atoms with E-state index in [2.05, 4.69) is 19.9 Å². The molecule has 1 saturated carbocycles.